The van der Waals surface area contributed by atoms with Gasteiger partial charge in [0, 0.05) is 5.92 Å². The third-order valence-electron chi connectivity index (χ3n) is 7.77. The van der Waals surface area contributed by atoms with Gasteiger partial charge in [0.2, 0.25) is 0 Å². The molecule has 2 aliphatic rings. The number of carbonyl (C=O) groups is 1. The molecule has 0 spiro atoms. The van der Waals surface area contributed by atoms with Crippen molar-refractivity contribution in [2.24, 2.45) is 11.8 Å². The van der Waals surface area contributed by atoms with E-state index in [9.17, 15) is 4.79 Å². The first-order chi connectivity index (χ1) is 16.5. The van der Waals surface area contributed by atoms with Crippen molar-refractivity contribution in [3.8, 4) is 16.9 Å². The fraction of sp³-hybridized carbons (Fsp3) is 0.387. The van der Waals surface area contributed by atoms with Gasteiger partial charge in [-0.2, -0.15) is 0 Å². The second-order valence-electron chi connectivity index (χ2n) is 10.1. The van der Waals surface area contributed by atoms with Crippen molar-refractivity contribution in [1.29, 1.82) is 0 Å². The lowest BCUT2D eigenvalue weighted by Gasteiger charge is -2.28. The van der Waals surface area contributed by atoms with Gasteiger partial charge in [-0.25, -0.2) is 0 Å². The van der Waals surface area contributed by atoms with Crippen LogP contribution in [0.15, 0.2) is 60.7 Å². The Labute approximate surface area is 203 Å². The fourth-order valence-electron chi connectivity index (χ4n) is 5.78. The minimum absolute atomic E-state index is 0.118. The van der Waals surface area contributed by atoms with Gasteiger partial charge >= 0.3 is 5.97 Å². The first-order valence-electron chi connectivity index (χ1n) is 12.5. The van der Waals surface area contributed by atoms with Crippen LogP contribution in [-0.2, 0) is 16.0 Å². The van der Waals surface area contributed by atoms with Crippen molar-refractivity contribution in [3.05, 3.63) is 88.5 Å². The molecule has 3 aromatic carbocycles. The lowest BCUT2D eigenvalue weighted by atomic mass is 9.81. The van der Waals surface area contributed by atoms with E-state index in [4.69, 9.17) is 9.47 Å². The van der Waals surface area contributed by atoms with Gasteiger partial charge in [-0.05, 0) is 90.0 Å². The average molecular weight is 455 g/mol. The Morgan fingerprint density at radius 1 is 1.00 bits per heavy atom. The molecule has 0 aromatic heterocycles. The molecule has 0 bridgehead atoms. The number of fused-ring (bicyclic) bond motifs is 1. The number of hydrogen-bond acceptors (Lipinski definition) is 3. The van der Waals surface area contributed by atoms with Gasteiger partial charge in [0.05, 0.1) is 19.6 Å². The molecule has 5 rings (SSSR count). The van der Waals surface area contributed by atoms with Crippen LogP contribution in [0, 0.1) is 25.7 Å². The Morgan fingerprint density at radius 3 is 2.35 bits per heavy atom. The van der Waals surface area contributed by atoms with E-state index in [1.54, 1.807) is 0 Å². The summed E-state index contributed by atoms with van der Waals surface area (Å²) in [4.78, 5) is 12.3. The summed E-state index contributed by atoms with van der Waals surface area (Å²) in [5, 5.41) is 0. The highest BCUT2D eigenvalue weighted by atomic mass is 16.5. The SMILES string of the molecule is COC(=O)[C@@H](C)C(c1ccc2c(c1)CC(c1ccc(-c3c(C)cccc3C)cc1)CO2)C1CC1. The summed E-state index contributed by atoms with van der Waals surface area (Å²) in [6.45, 7) is 7.05. The summed E-state index contributed by atoms with van der Waals surface area (Å²) in [7, 11) is 1.49. The molecular formula is C31H34O3. The Balaban J connectivity index is 1.38. The highest BCUT2D eigenvalue weighted by Crippen LogP contribution is 2.48. The van der Waals surface area contributed by atoms with Gasteiger partial charge in [0.25, 0.3) is 0 Å². The smallest absolute Gasteiger partial charge is 0.309 e. The van der Waals surface area contributed by atoms with Crippen molar-refractivity contribution >= 4 is 5.97 Å². The predicted octanol–water partition coefficient (Wildman–Crippen LogP) is 6.99. The van der Waals surface area contributed by atoms with Crippen molar-refractivity contribution in [1.82, 2.24) is 0 Å². The summed E-state index contributed by atoms with van der Waals surface area (Å²) >= 11 is 0. The van der Waals surface area contributed by atoms with Gasteiger partial charge < -0.3 is 9.47 Å². The zero-order valence-corrected chi connectivity index (χ0v) is 20.6. The van der Waals surface area contributed by atoms with Crippen molar-refractivity contribution in [2.45, 2.75) is 51.9 Å². The monoisotopic (exact) mass is 454 g/mol. The Bertz CT molecular complexity index is 1170. The molecule has 3 heteroatoms. The fourth-order valence-corrected chi connectivity index (χ4v) is 5.78. The highest BCUT2D eigenvalue weighted by Gasteiger charge is 2.39. The van der Waals surface area contributed by atoms with Gasteiger partial charge in [0.1, 0.15) is 5.75 Å². The van der Waals surface area contributed by atoms with E-state index in [-0.39, 0.29) is 17.8 Å². The average Bonchev–Trinajstić information content (AvgIpc) is 3.68. The summed E-state index contributed by atoms with van der Waals surface area (Å²) < 4.78 is 11.3. The maximum Gasteiger partial charge on any atom is 0.309 e. The molecule has 1 saturated carbocycles. The van der Waals surface area contributed by atoms with Crippen LogP contribution in [-0.4, -0.2) is 19.7 Å². The largest absolute Gasteiger partial charge is 0.493 e. The number of rotatable bonds is 6. The van der Waals surface area contributed by atoms with Crippen LogP contribution in [0.5, 0.6) is 5.75 Å². The van der Waals surface area contributed by atoms with Crippen LogP contribution in [0.25, 0.3) is 11.1 Å². The van der Waals surface area contributed by atoms with E-state index in [0.29, 0.717) is 18.4 Å². The van der Waals surface area contributed by atoms with Crippen molar-refractivity contribution in [3.63, 3.8) is 0 Å². The van der Waals surface area contributed by atoms with Gasteiger partial charge in [-0.3, -0.25) is 4.79 Å². The van der Waals surface area contributed by atoms with Crippen LogP contribution in [0.3, 0.4) is 0 Å². The van der Waals surface area contributed by atoms with Gasteiger partial charge in [-0.1, -0.05) is 61.5 Å². The number of methoxy groups -OCH3 is 1. The molecule has 34 heavy (non-hydrogen) atoms. The first-order valence-corrected chi connectivity index (χ1v) is 12.5. The molecule has 0 N–H and O–H groups in total. The number of benzene rings is 3. The summed E-state index contributed by atoms with van der Waals surface area (Å²) in [6, 6.07) is 22.0. The lowest BCUT2D eigenvalue weighted by molar-refractivity contribution is -0.145. The van der Waals surface area contributed by atoms with E-state index < -0.39 is 0 Å². The van der Waals surface area contributed by atoms with Gasteiger partial charge in [0.15, 0.2) is 0 Å². The molecule has 3 nitrogen and oxygen atoms in total. The van der Waals surface area contributed by atoms with Crippen LogP contribution in [0.2, 0.25) is 0 Å². The number of aryl methyl sites for hydroxylation is 2. The maximum absolute atomic E-state index is 12.3. The van der Waals surface area contributed by atoms with E-state index >= 15 is 0 Å². The van der Waals surface area contributed by atoms with E-state index in [1.807, 2.05) is 6.92 Å². The molecule has 1 fully saturated rings. The second kappa shape index (κ2) is 9.29. The van der Waals surface area contributed by atoms with E-state index in [0.717, 1.165) is 12.2 Å². The first kappa shape index (κ1) is 22.7. The molecule has 1 heterocycles. The van der Waals surface area contributed by atoms with Crippen LogP contribution >= 0.6 is 0 Å². The maximum atomic E-state index is 12.3. The Morgan fingerprint density at radius 2 is 1.71 bits per heavy atom. The minimum Gasteiger partial charge on any atom is -0.493 e. The summed E-state index contributed by atoms with van der Waals surface area (Å²) in [5.74, 6) is 1.85. The minimum atomic E-state index is -0.131. The van der Waals surface area contributed by atoms with E-state index in [1.165, 1.54) is 58.9 Å². The Hall–Kier alpha value is -3.07. The van der Waals surface area contributed by atoms with Crippen LogP contribution in [0.4, 0.5) is 0 Å². The van der Waals surface area contributed by atoms with Crippen molar-refractivity contribution < 1.29 is 14.3 Å². The lowest BCUT2D eigenvalue weighted by Crippen LogP contribution is -2.23. The van der Waals surface area contributed by atoms with Crippen molar-refractivity contribution in [2.75, 3.05) is 13.7 Å². The Kier molecular flexibility index (Phi) is 6.20. The molecule has 1 aliphatic heterocycles. The standard InChI is InChI=1S/C31H34O3/c1-19-6-5-7-20(2)29(19)23-10-8-22(9-11-23)27-17-26-16-25(14-15-28(26)34-18-27)30(24-12-13-24)21(3)31(32)33-4/h5-11,14-16,21,24,27,30H,12-13,17-18H2,1-4H3/t21-,27?,30?/m0/s1. The molecule has 2 unspecified atom stereocenters. The number of hydrogen-bond donors (Lipinski definition) is 0. The topological polar surface area (TPSA) is 35.5 Å². The normalized spacial score (nSPS) is 19.0. The summed E-state index contributed by atoms with van der Waals surface area (Å²) in [5.41, 5.74) is 9.01. The number of ether oxygens (including phenoxy) is 2. The molecular weight excluding hydrogens is 420 g/mol. The molecule has 1 aliphatic carbocycles. The van der Waals surface area contributed by atoms with E-state index in [2.05, 4.69) is 74.5 Å². The highest BCUT2D eigenvalue weighted by molar-refractivity contribution is 5.73. The molecule has 0 saturated heterocycles. The molecule has 3 aromatic rings. The molecule has 3 atom stereocenters. The molecule has 0 radical (unpaired) electrons. The van der Waals surface area contributed by atoms with Crippen LogP contribution < -0.4 is 4.74 Å². The number of esters is 1. The third kappa shape index (κ3) is 4.36. The predicted molar refractivity (Wildman–Crippen MR) is 136 cm³/mol. The molecule has 176 valence electrons. The van der Waals surface area contributed by atoms with Crippen LogP contribution in [0.1, 0.15) is 59.4 Å². The van der Waals surface area contributed by atoms with Gasteiger partial charge in [-0.15, -0.1) is 0 Å². The summed E-state index contributed by atoms with van der Waals surface area (Å²) in [6.07, 6.45) is 3.33. The molecule has 0 amide bonds. The third-order valence-corrected chi connectivity index (χ3v) is 7.77. The number of carbonyl (C=O) groups excluding carboxylic acids is 1. The quantitative estimate of drug-likeness (QED) is 0.377. The zero-order valence-electron chi connectivity index (χ0n) is 20.6. The second-order valence-corrected chi connectivity index (χ2v) is 10.1. The zero-order chi connectivity index (χ0) is 23.8.